The van der Waals surface area contributed by atoms with Crippen LogP contribution in [0, 0.1) is 5.82 Å². The van der Waals surface area contributed by atoms with Gasteiger partial charge in [-0.25, -0.2) is 4.39 Å². The fraction of sp³-hybridized carbons (Fsp3) is 0.381. The Hall–Kier alpha value is -2.60. The largest absolute Gasteiger partial charge is 0.493 e. The second-order valence-electron chi connectivity index (χ2n) is 6.41. The van der Waals surface area contributed by atoms with E-state index in [2.05, 4.69) is 4.90 Å². The lowest BCUT2D eigenvalue weighted by Gasteiger charge is -2.34. The van der Waals surface area contributed by atoms with Gasteiger partial charge in [-0.2, -0.15) is 0 Å². The topological polar surface area (TPSA) is 42.0 Å². The van der Waals surface area contributed by atoms with Crippen LogP contribution in [0.1, 0.15) is 6.42 Å². The highest BCUT2D eigenvalue weighted by molar-refractivity contribution is 5.76. The maximum atomic E-state index is 13.5. The Morgan fingerprint density at radius 1 is 0.889 bits per heavy atom. The SMILES string of the molecule is O=C(CCOc1ccccc1)N1CCN(CCOc2ccccc2F)CC1. The zero-order chi connectivity index (χ0) is 18.9. The molecule has 0 radical (unpaired) electrons. The molecule has 1 aliphatic heterocycles. The van der Waals surface area contributed by atoms with E-state index in [1.807, 2.05) is 35.2 Å². The summed E-state index contributed by atoms with van der Waals surface area (Å²) in [5.41, 5.74) is 0. The molecule has 5 nitrogen and oxygen atoms in total. The Balaban J connectivity index is 1.31. The molecule has 2 aromatic carbocycles. The summed E-state index contributed by atoms with van der Waals surface area (Å²) in [5, 5.41) is 0. The number of hydrogen-bond donors (Lipinski definition) is 0. The summed E-state index contributed by atoms with van der Waals surface area (Å²) >= 11 is 0. The monoisotopic (exact) mass is 372 g/mol. The van der Waals surface area contributed by atoms with Crippen molar-refractivity contribution in [3.8, 4) is 11.5 Å². The van der Waals surface area contributed by atoms with Crippen molar-refractivity contribution in [1.82, 2.24) is 9.80 Å². The summed E-state index contributed by atoms with van der Waals surface area (Å²) in [4.78, 5) is 16.4. The van der Waals surface area contributed by atoms with Crippen molar-refractivity contribution in [1.29, 1.82) is 0 Å². The first kappa shape index (κ1) is 19.2. The minimum Gasteiger partial charge on any atom is -0.493 e. The second kappa shape index (κ2) is 9.92. The predicted octanol–water partition coefficient (Wildman–Crippen LogP) is 2.82. The normalized spacial score (nSPS) is 14.8. The molecule has 1 saturated heterocycles. The van der Waals surface area contributed by atoms with Gasteiger partial charge in [-0.05, 0) is 24.3 Å². The van der Waals surface area contributed by atoms with E-state index in [9.17, 15) is 9.18 Å². The van der Waals surface area contributed by atoms with E-state index in [4.69, 9.17) is 9.47 Å². The highest BCUT2D eigenvalue weighted by Crippen LogP contribution is 2.15. The molecule has 0 aliphatic carbocycles. The molecule has 0 atom stereocenters. The second-order valence-corrected chi connectivity index (χ2v) is 6.41. The quantitative estimate of drug-likeness (QED) is 0.715. The van der Waals surface area contributed by atoms with E-state index < -0.39 is 0 Å². The molecular formula is C21H25FN2O3. The number of benzene rings is 2. The van der Waals surface area contributed by atoms with Crippen LogP contribution >= 0.6 is 0 Å². The average molecular weight is 372 g/mol. The zero-order valence-electron chi connectivity index (χ0n) is 15.4. The summed E-state index contributed by atoms with van der Waals surface area (Å²) in [7, 11) is 0. The molecule has 0 unspecified atom stereocenters. The lowest BCUT2D eigenvalue weighted by atomic mass is 10.3. The highest BCUT2D eigenvalue weighted by atomic mass is 19.1. The summed E-state index contributed by atoms with van der Waals surface area (Å²) in [6.45, 7) is 4.53. The lowest BCUT2D eigenvalue weighted by molar-refractivity contribution is -0.133. The molecule has 2 aromatic rings. The van der Waals surface area contributed by atoms with Gasteiger partial charge in [0.05, 0.1) is 13.0 Å². The van der Waals surface area contributed by atoms with Crippen molar-refractivity contribution < 1.29 is 18.7 Å². The van der Waals surface area contributed by atoms with E-state index in [-0.39, 0.29) is 17.5 Å². The van der Waals surface area contributed by atoms with Crippen LogP contribution in [0.4, 0.5) is 4.39 Å². The maximum Gasteiger partial charge on any atom is 0.226 e. The third-order valence-corrected chi connectivity index (χ3v) is 4.55. The van der Waals surface area contributed by atoms with Gasteiger partial charge in [-0.1, -0.05) is 30.3 Å². The van der Waals surface area contributed by atoms with Crippen LogP contribution in [0.5, 0.6) is 11.5 Å². The molecular weight excluding hydrogens is 347 g/mol. The van der Waals surface area contributed by atoms with Crippen LogP contribution in [0.15, 0.2) is 54.6 Å². The van der Waals surface area contributed by atoms with Crippen molar-refractivity contribution >= 4 is 5.91 Å². The molecule has 6 heteroatoms. The van der Waals surface area contributed by atoms with E-state index >= 15 is 0 Å². The summed E-state index contributed by atoms with van der Waals surface area (Å²) in [6, 6.07) is 15.9. The minimum atomic E-state index is -0.342. The zero-order valence-corrected chi connectivity index (χ0v) is 15.4. The van der Waals surface area contributed by atoms with Gasteiger partial charge in [0.2, 0.25) is 5.91 Å². The number of halogens is 1. The number of nitrogens with zero attached hydrogens (tertiary/aromatic N) is 2. The first-order valence-corrected chi connectivity index (χ1v) is 9.28. The van der Waals surface area contributed by atoms with Gasteiger partial charge in [0.15, 0.2) is 11.6 Å². The molecule has 144 valence electrons. The van der Waals surface area contributed by atoms with Gasteiger partial charge in [0, 0.05) is 32.7 Å². The number of rotatable bonds is 8. The number of carbonyl (C=O) groups excluding carboxylic acids is 1. The number of ether oxygens (including phenoxy) is 2. The highest BCUT2D eigenvalue weighted by Gasteiger charge is 2.20. The number of carbonyl (C=O) groups is 1. The van der Waals surface area contributed by atoms with Gasteiger partial charge < -0.3 is 14.4 Å². The number of piperazine rings is 1. The molecule has 3 rings (SSSR count). The van der Waals surface area contributed by atoms with Crippen molar-refractivity contribution in [3.05, 3.63) is 60.4 Å². The smallest absolute Gasteiger partial charge is 0.226 e. The Morgan fingerprint density at radius 3 is 2.33 bits per heavy atom. The Bertz CT molecular complexity index is 718. The Labute approximate surface area is 159 Å². The number of hydrogen-bond acceptors (Lipinski definition) is 4. The lowest BCUT2D eigenvalue weighted by Crippen LogP contribution is -2.49. The summed E-state index contributed by atoms with van der Waals surface area (Å²) in [5.74, 6) is 0.841. The fourth-order valence-corrected chi connectivity index (χ4v) is 3.00. The molecule has 27 heavy (non-hydrogen) atoms. The Morgan fingerprint density at radius 2 is 1.59 bits per heavy atom. The van der Waals surface area contributed by atoms with Crippen LogP contribution in [0.3, 0.4) is 0 Å². The third kappa shape index (κ3) is 5.96. The summed E-state index contributed by atoms with van der Waals surface area (Å²) in [6.07, 6.45) is 0.380. The number of amides is 1. The molecule has 0 bridgehead atoms. The first-order chi connectivity index (χ1) is 13.2. The van der Waals surface area contributed by atoms with Crippen molar-refractivity contribution in [3.63, 3.8) is 0 Å². The fourth-order valence-electron chi connectivity index (χ4n) is 3.00. The third-order valence-electron chi connectivity index (χ3n) is 4.55. The predicted molar refractivity (Wildman–Crippen MR) is 101 cm³/mol. The van der Waals surface area contributed by atoms with Gasteiger partial charge in [0.1, 0.15) is 12.4 Å². The van der Waals surface area contributed by atoms with Crippen LogP contribution < -0.4 is 9.47 Å². The summed E-state index contributed by atoms with van der Waals surface area (Å²) < 4.78 is 24.6. The van der Waals surface area contributed by atoms with Crippen LogP contribution in [0.2, 0.25) is 0 Å². The molecule has 0 aromatic heterocycles. The van der Waals surface area contributed by atoms with Gasteiger partial charge in [-0.3, -0.25) is 9.69 Å². The van der Waals surface area contributed by atoms with Gasteiger partial charge >= 0.3 is 0 Å². The van der Waals surface area contributed by atoms with Crippen molar-refractivity contribution in [2.75, 3.05) is 45.9 Å². The first-order valence-electron chi connectivity index (χ1n) is 9.28. The van der Waals surface area contributed by atoms with Gasteiger partial charge in [0.25, 0.3) is 0 Å². The molecule has 1 aliphatic rings. The minimum absolute atomic E-state index is 0.119. The molecule has 1 fully saturated rings. The molecule has 1 heterocycles. The average Bonchev–Trinajstić information content (AvgIpc) is 2.71. The standard InChI is InChI=1S/C21H25FN2O3/c22-19-8-4-5-9-20(19)27-17-15-23-11-13-24(14-12-23)21(25)10-16-26-18-6-2-1-3-7-18/h1-9H,10-17H2. The molecule has 0 spiro atoms. The maximum absolute atomic E-state index is 13.5. The van der Waals surface area contributed by atoms with Gasteiger partial charge in [-0.15, -0.1) is 0 Å². The molecule has 0 N–H and O–H groups in total. The van der Waals surface area contributed by atoms with Crippen molar-refractivity contribution in [2.24, 2.45) is 0 Å². The van der Waals surface area contributed by atoms with E-state index in [1.54, 1.807) is 18.2 Å². The van der Waals surface area contributed by atoms with E-state index in [0.29, 0.717) is 39.3 Å². The Kier molecular flexibility index (Phi) is 7.04. The molecule has 1 amide bonds. The van der Waals surface area contributed by atoms with Crippen LogP contribution in [-0.4, -0.2) is 61.6 Å². The van der Waals surface area contributed by atoms with Crippen LogP contribution in [-0.2, 0) is 4.79 Å². The van der Waals surface area contributed by atoms with Crippen molar-refractivity contribution in [2.45, 2.75) is 6.42 Å². The van der Waals surface area contributed by atoms with E-state index in [1.165, 1.54) is 6.07 Å². The van der Waals surface area contributed by atoms with Crippen LogP contribution in [0.25, 0.3) is 0 Å². The van der Waals surface area contributed by atoms with E-state index in [0.717, 1.165) is 18.8 Å². The number of para-hydroxylation sites is 2. The molecule has 0 saturated carbocycles.